The van der Waals surface area contributed by atoms with Crippen LogP contribution in [0, 0.1) is 5.92 Å². The molecule has 0 spiro atoms. The van der Waals surface area contributed by atoms with Gasteiger partial charge in [0.2, 0.25) is 0 Å². The molecule has 2 N–H and O–H groups in total. The van der Waals surface area contributed by atoms with Crippen LogP contribution in [0.25, 0.3) is 0 Å². The quantitative estimate of drug-likeness (QED) is 0.109. The summed E-state index contributed by atoms with van der Waals surface area (Å²) in [5.74, 6) is 0.327. The van der Waals surface area contributed by atoms with E-state index in [1.54, 1.807) is 0 Å². The average molecular weight is 627 g/mol. The van der Waals surface area contributed by atoms with Crippen molar-refractivity contribution in [3.8, 4) is 0 Å². The molecule has 5 aromatic rings. The van der Waals surface area contributed by atoms with Gasteiger partial charge in [-0.3, -0.25) is 9.80 Å². The highest BCUT2D eigenvalue weighted by atomic mass is 16.3. The fourth-order valence-electron chi connectivity index (χ4n) is 6.62. The van der Waals surface area contributed by atoms with Crippen LogP contribution >= 0.6 is 0 Å². The monoisotopic (exact) mass is 626 g/mol. The molecule has 0 aliphatic heterocycles. The maximum Gasteiger partial charge on any atom is 0.0972 e. The van der Waals surface area contributed by atoms with Crippen LogP contribution in [0.1, 0.15) is 48.1 Å². The SMILES string of the molecule is CC(C)C[C@@H]([C@H](O)[C@H](O)[C@H](Cc1ccccc1)N(Cc1ccccc1)Cc1ccccc1)N(Cc1ccccc1)Cc1ccccc1. The molecule has 47 heavy (non-hydrogen) atoms. The van der Waals surface area contributed by atoms with E-state index >= 15 is 0 Å². The van der Waals surface area contributed by atoms with E-state index in [1.165, 1.54) is 22.3 Å². The summed E-state index contributed by atoms with van der Waals surface area (Å²) in [7, 11) is 0. The van der Waals surface area contributed by atoms with Crippen LogP contribution in [-0.4, -0.2) is 44.3 Å². The van der Waals surface area contributed by atoms with Crippen LogP contribution in [0.4, 0.5) is 0 Å². The van der Waals surface area contributed by atoms with Crippen molar-refractivity contribution in [1.29, 1.82) is 0 Å². The Morgan fingerprint density at radius 2 is 0.681 bits per heavy atom. The number of hydrogen-bond acceptors (Lipinski definition) is 4. The molecule has 4 heteroatoms. The van der Waals surface area contributed by atoms with Crippen LogP contribution in [0.5, 0.6) is 0 Å². The molecular weight excluding hydrogens is 576 g/mol. The van der Waals surface area contributed by atoms with Crippen LogP contribution in [0.2, 0.25) is 0 Å². The van der Waals surface area contributed by atoms with Gasteiger partial charge in [0.05, 0.1) is 12.2 Å². The Kier molecular flexibility index (Phi) is 12.9. The molecule has 0 saturated carbocycles. The fraction of sp³-hybridized carbons (Fsp3) is 0.302. The van der Waals surface area contributed by atoms with Gasteiger partial charge in [0.25, 0.3) is 0 Å². The first-order chi connectivity index (χ1) is 23.0. The van der Waals surface area contributed by atoms with Crippen molar-refractivity contribution in [1.82, 2.24) is 9.80 Å². The van der Waals surface area contributed by atoms with Crippen LogP contribution in [-0.2, 0) is 32.6 Å². The largest absolute Gasteiger partial charge is 0.389 e. The Balaban J connectivity index is 1.52. The second-order valence-corrected chi connectivity index (χ2v) is 13.2. The number of rotatable bonds is 17. The van der Waals surface area contributed by atoms with Crippen molar-refractivity contribution in [2.75, 3.05) is 0 Å². The third kappa shape index (κ3) is 10.5. The van der Waals surface area contributed by atoms with Gasteiger partial charge in [0, 0.05) is 38.3 Å². The molecule has 0 unspecified atom stereocenters. The first-order valence-corrected chi connectivity index (χ1v) is 17.0. The lowest BCUT2D eigenvalue weighted by molar-refractivity contribution is -0.0861. The molecule has 4 atom stereocenters. The van der Waals surface area contributed by atoms with E-state index in [9.17, 15) is 10.2 Å². The first-order valence-electron chi connectivity index (χ1n) is 17.0. The van der Waals surface area contributed by atoms with Gasteiger partial charge >= 0.3 is 0 Å². The minimum atomic E-state index is -1.000. The summed E-state index contributed by atoms with van der Waals surface area (Å²) < 4.78 is 0. The lowest BCUT2D eigenvalue weighted by atomic mass is 9.87. The molecule has 0 amide bonds. The summed E-state index contributed by atoms with van der Waals surface area (Å²) in [5.41, 5.74) is 5.87. The van der Waals surface area contributed by atoms with Crippen molar-refractivity contribution in [2.45, 2.75) is 77.2 Å². The molecule has 0 aromatic heterocycles. The number of benzene rings is 5. The van der Waals surface area contributed by atoms with Crippen molar-refractivity contribution >= 4 is 0 Å². The van der Waals surface area contributed by atoms with E-state index in [2.05, 4.69) is 145 Å². The molecule has 5 rings (SSSR count). The Morgan fingerprint density at radius 3 is 1.00 bits per heavy atom. The summed E-state index contributed by atoms with van der Waals surface area (Å²) in [5, 5.41) is 25.0. The van der Waals surface area contributed by atoms with Crippen LogP contribution in [0.15, 0.2) is 152 Å². The third-order valence-electron chi connectivity index (χ3n) is 8.99. The van der Waals surface area contributed by atoms with E-state index in [-0.39, 0.29) is 12.1 Å². The van der Waals surface area contributed by atoms with E-state index in [1.807, 2.05) is 30.3 Å². The predicted octanol–water partition coefficient (Wildman–Crippen LogP) is 8.14. The number of aliphatic hydroxyl groups is 2. The first kappa shape index (κ1) is 34.3. The van der Waals surface area contributed by atoms with Gasteiger partial charge in [-0.1, -0.05) is 166 Å². The number of aliphatic hydroxyl groups excluding tert-OH is 2. The summed E-state index contributed by atoms with van der Waals surface area (Å²) in [6, 6.07) is 51.6. The van der Waals surface area contributed by atoms with Crippen LogP contribution in [0.3, 0.4) is 0 Å². The summed E-state index contributed by atoms with van der Waals surface area (Å²) in [6.07, 6.45) is -0.606. The standard InChI is InChI=1S/C43H50N2O2/c1-34(2)28-40(44(30-36-20-10-4-11-21-36)31-37-22-12-5-13-23-37)42(46)43(47)41(29-35-18-8-3-9-19-35)45(32-38-24-14-6-15-25-38)33-39-26-16-7-17-27-39/h3-27,34,40-43,46-47H,28-33H2,1-2H3/t40-,41-,42-,43+/m0/s1. The third-order valence-corrected chi connectivity index (χ3v) is 8.99. The zero-order valence-corrected chi connectivity index (χ0v) is 27.9. The van der Waals surface area contributed by atoms with Gasteiger partial charge in [-0.25, -0.2) is 0 Å². The normalized spacial score (nSPS) is 14.3. The summed E-state index contributed by atoms with van der Waals surface area (Å²) in [4.78, 5) is 4.73. The summed E-state index contributed by atoms with van der Waals surface area (Å²) in [6.45, 7) is 7.07. The van der Waals surface area contributed by atoms with E-state index in [4.69, 9.17) is 0 Å². The zero-order chi connectivity index (χ0) is 32.8. The van der Waals surface area contributed by atoms with Gasteiger partial charge in [0.1, 0.15) is 0 Å². The maximum atomic E-state index is 12.5. The van der Waals surface area contributed by atoms with Crippen LogP contribution < -0.4 is 0 Å². The molecule has 244 valence electrons. The topological polar surface area (TPSA) is 46.9 Å². The highest BCUT2D eigenvalue weighted by molar-refractivity contribution is 5.21. The molecule has 0 aliphatic rings. The number of hydrogen-bond donors (Lipinski definition) is 2. The van der Waals surface area contributed by atoms with Crippen molar-refractivity contribution in [3.05, 3.63) is 179 Å². The van der Waals surface area contributed by atoms with Gasteiger partial charge in [0.15, 0.2) is 0 Å². The second kappa shape index (κ2) is 17.7. The minimum absolute atomic E-state index is 0.265. The molecular formula is C43H50N2O2. The minimum Gasteiger partial charge on any atom is -0.389 e. The Hall–Kier alpha value is -4.06. The zero-order valence-electron chi connectivity index (χ0n) is 27.9. The Morgan fingerprint density at radius 1 is 0.404 bits per heavy atom. The second-order valence-electron chi connectivity index (χ2n) is 13.2. The highest BCUT2D eigenvalue weighted by Gasteiger charge is 2.38. The lowest BCUT2D eigenvalue weighted by Crippen LogP contribution is -2.56. The van der Waals surface area contributed by atoms with Crippen molar-refractivity contribution < 1.29 is 10.2 Å². The van der Waals surface area contributed by atoms with Crippen molar-refractivity contribution in [2.24, 2.45) is 5.92 Å². The smallest absolute Gasteiger partial charge is 0.0972 e. The fourth-order valence-corrected chi connectivity index (χ4v) is 6.62. The van der Waals surface area contributed by atoms with E-state index in [0.717, 1.165) is 12.0 Å². The number of nitrogens with zero attached hydrogens (tertiary/aromatic N) is 2. The molecule has 0 heterocycles. The molecule has 0 fully saturated rings. The molecule has 0 aliphatic carbocycles. The lowest BCUT2D eigenvalue weighted by Gasteiger charge is -2.42. The Labute approximate surface area is 282 Å². The van der Waals surface area contributed by atoms with E-state index in [0.29, 0.717) is 38.5 Å². The molecule has 0 saturated heterocycles. The predicted molar refractivity (Wildman–Crippen MR) is 193 cm³/mol. The average Bonchev–Trinajstić information content (AvgIpc) is 3.11. The highest BCUT2D eigenvalue weighted by Crippen LogP contribution is 2.27. The van der Waals surface area contributed by atoms with Gasteiger partial charge in [-0.15, -0.1) is 0 Å². The molecule has 0 radical (unpaired) electrons. The molecule has 4 nitrogen and oxygen atoms in total. The molecule has 5 aromatic carbocycles. The summed E-state index contributed by atoms with van der Waals surface area (Å²) >= 11 is 0. The maximum absolute atomic E-state index is 12.5. The van der Waals surface area contributed by atoms with E-state index < -0.39 is 12.2 Å². The van der Waals surface area contributed by atoms with Gasteiger partial charge in [-0.05, 0) is 46.6 Å². The van der Waals surface area contributed by atoms with Gasteiger partial charge < -0.3 is 10.2 Å². The molecule has 0 bridgehead atoms. The Bertz CT molecular complexity index is 1470. The van der Waals surface area contributed by atoms with Gasteiger partial charge in [-0.2, -0.15) is 0 Å². The van der Waals surface area contributed by atoms with Crippen molar-refractivity contribution in [3.63, 3.8) is 0 Å².